The zero-order valence-electron chi connectivity index (χ0n) is 12.8. The summed E-state index contributed by atoms with van der Waals surface area (Å²) in [5, 5.41) is 0. The van der Waals surface area contributed by atoms with Crippen LogP contribution in [0.3, 0.4) is 0 Å². The first-order chi connectivity index (χ1) is 10.1. The highest BCUT2D eigenvalue weighted by molar-refractivity contribution is 5.88. The molecule has 1 aliphatic rings. The average molecular weight is 297 g/mol. The molecule has 1 heterocycles. The summed E-state index contributed by atoms with van der Waals surface area (Å²) < 4.78 is 5.15. The zero-order valence-corrected chi connectivity index (χ0v) is 12.8. The standard InChI is InChI=1S/C15H27N3O3/c1-2-3-11-21-15(20)13-8-6-10-18(13)14(19)12(17)7-4-5-9-16/h2-3,12-13H,4-11,16-17H2,1H3/b3-2+/t12?,13-/m0/s1. The van der Waals surface area contributed by atoms with Crippen molar-refractivity contribution in [2.75, 3.05) is 19.7 Å². The molecule has 1 aliphatic heterocycles. The lowest BCUT2D eigenvalue weighted by Crippen LogP contribution is -2.48. The van der Waals surface area contributed by atoms with E-state index in [0.717, 1.165) is 19.3 Å². The van der Waals surface area contributed by atoms with Crippen LogP contribution in [0.1, 0.15) is 39.0 Å². The minimum atomic E-state index is -0.555. The number of likely N-dealkylation sites (tertiary alicyclic amines) is 1. The van der Waals surface area contributed by atoms with E-state index in [2.05, 4.69) is 0 Å². The molecule has 1 unspecified atom stereocenters. The van der Waals surface area contributed by atoms with E-state index < -0.39 is 12.1 Å². The van der Waals surface area contributed by atoms with Crippen LogP contribution in [-0.2, 0) is 14.3 Å². The molecule has 6 nitrogen and oxygen atoms in total. The van der Waals surface area contributed by atoms with Crippen LogP contribution in [-0.4, -0.2) is 48.6 Å². The molecule has 1 rings (SSSR count). The average Bonchev–Trinajstić information content (AvgIpc) is 2.96. The Morgan fingerprint density at radius 3 is 2.86 bits per heavy atom. The smallest absolute Gasteiger partial charge is 0.329 e. The van der Waals surface area contributed by atoms with Gasteiger partial charge in [-0.05, 0) is 39.2 Å². The van der Waals surface area contributed by atoms with Gasteiger partial charge in [-0.2, -0.15) is 0 Å². The molecule has 6 heteroatoms. The number of hydrogen-bond acceptors (Lipinski definition) is 5. The van der Waals surface area contributed by atoms with Gasteiger partial charge in [0.25, 0.3) is 0 Å². The van der Waals surface area contributed by atoms with Crippen LogP contribution < -0.4 is 11.5 Å². The summed E-state index contributed by atoms with van der Waals surface area (Å²) in [5.41, 5.74) is 11.4. The normalized spacial score (nSPS) is 20.0. The quantitative estimate of drug-likeness (QED) is 0.387. The van der Waals surface area contributed by atoms with Gasteiger partial charge in [-0.25, -0.2) is 4.79 Å². The number of ether oxygens (including phenoxy) is 1. The number of nitrogens with zero attached hydrogens (tertiary/aromatic N) is 1. The molecule has 1 amide bonds. The Labute approximate surface area is 126 Å². The Bertz CT molecular complexity index is 371. The lowest BCUT2D eigenvalue weighted by Gasteiger charge is -2.26. The van der Waals surface area contributed by atoms with E-state index in [1.165, 1.54) is 0 Å². The van der Waals surface area contributed by atoms with Crippen LogP contribution in [0.4, 0.5) is 0 Å². The first-order valence-corrected chi connectivity index (χ1v) is 7.65. The summed E-state index contributed by atoms with van der Waals surface area (Å²) in [5.74, 6) is -0.495. The van der Waals surface area contributed by atoms with Gasteiger partial charge in [-0.15, -0.1) is 0 Å². The number of carbonyl (C=O) groups excluding carboxylic acids is 2. The third kappa shape index (κ3) is 5.47. The molecule has 120 valence electrons. The molecule has 21 heavy (non-hydrogen) atoms. The number of allylic oxidation sites excluding steroid dienone is 1. The van der Waals surface area contributed by atoms with Crippen LogP contribution in [0.25, 0.3) is 0 Å². The number of carbonyl (C=O) groups is 2. The van der Waals surface area contributed by atoms with Crippen molar-refractivity contribution in [3.8, 4) is 0 Å². The van der Waals surface area contributed by atoms with Crippen LogP contribution in [0.5, 0.6) is 0 Å². The molecule has 0 radical (unpaired) electrons. The number of rotatable bonds is 8. The number of amides is 1. The Morgan fingerprint density at radius 1 is 1.43 bits per heavy atom. The Morgan fingerprint density at radius 2 is 2.19 bits per heavy atom. The SMILES string of the molecule is C/C=C/COC(=O)[C@@H]1CCCN1C(=O)C(N)CCCCN. The predicted molar refractivity (Wildman–Crippen MR) is 81.4 cm³/mol. The highest BCUT2D eigenvalue weighted by atomic mass is 16.5. The predicted octanol–water partition coefficient (Wildman–Crippen LogP) is 0.553. The molecule has 0 bridgehead atoms. The van der Waals surface area contributed by atoms with Crippen LogP contribution in [0.15, 0.2) is 12.2 Å². The van der Waals surface area contributed by atoms with Gasteiger partial charge in [-0.3, -0.25) is 4.79 Å². The van der Waals surface area contributed by atoms with Crippen molar-refractivity contribution in [3.05, 3.63) is 12.2 Å². The first kappa shape index (κ1) is 17.7. The van der Waals surface area contributed by atoms with Crippen molar-refractivity contribution in [2.45, 2.75) is 51.1 Å². The Balaban J connectivity index is 2.51. The fourth-order valence-electron chi connectivity index (χ4n) is 2.44. The number of hydrogen-bond donors (Lipinski definition) is 2. The fourth-order valence-corrected chi connectivity index (χ4v) is 2.44. The Kier molecular flexibility index (Phi) is 8.00. The van der Waals surface area contributed by atoms with Crippen LogP contribution in [0.2, 0.25) is 0 Å². The van der Waals surface area contributed by atoms with Crippen molar-refractivity contribution in [2.24, 2.45) is 11.5 Å². The second kappa shape index (κ2) is 9.52. The van der Waals surface area contributed by atoms with Crippen molar-refractivity contribution in [3.63, 3.8) is 0 Å². The second-order valence-corrected chi connectivity index (χ2v) is 5.28. The largest absolute Gasteiger partial charge is 0.460 e. The van der Waals surface area contributed by atoms with E-state index in [0.29, 0.717) is 25.9 Å². The summed E-state index contributed by atoms with van der Waals surface area (Å²) in [6.07, 6.45) is 7.33. The molecule has 0 aliphatic carbocycles. The lowest BCUT2D eigenvalue weighted by molar-refractivity contribution is -0.152. The molecule has 4 N–H and O–H groups in total. The van der Waals surface area contributed by atoms with E-state index in [4.69, 9.17) is 16.2 Å². The first-order valence-electron chi connectivity index (χ1n) is 7.65. The summed E-state index contributed by atoms with van der Waals surface area (Å²) in [6.45, 7) is 3.29. The molecular formula is C15H27N3O3. The van der Waals surface area contributed by atoms with Gasteiger partial charge in [-0.1, -0.05) is 18.6 Å². The van der Waals surface area contributed by atoms with Gasteiger partial charge >= 0.3 is 5.97 Å². The molecular weight excluding hydrogens is 270 g/mol. The fraction of sp³-hybridized carbons (Fsp3) is 0.733. The molecule has 0 aromatic rings. The van der Waals surface area contributed by atoms with E-state index in [-0.39, 0.29) is 18.5 Å². The third-order valence-corrected chi connectivity index (χ3v) is 3.65. The maximum atomic E-state index is 12.3. The molecule has 1 saturated heterocycles. The van der Waals surface area contributed by atoms with E-state index >= 15 is 0 Å². The van der Waals surface area contributed by atoms with Gasteiger partial charge in [0.05, 0.1) is 6.04 Å². The molecule has 0 saturated carbocycles. The van der Waals surface area contributed by atoms with Gasteiger partial charge in [0, 0.05) is 6.54 Å². The highest BCUT2D eigenvalue weighted by Gasteiger charge is 2.36. The second-order valence-electron chi connectivity index (χ2n) is 5.28. The van der Waals surface area contributed by atoms with Crippen LogP contribution in [0, 0.1) is 0 Å². The van der Waals surface area contributed by atoms with Crippen molar-refractivity contribution < 1.29 is 14.3 Å². The number of nitrogens with two attached hydrogens (primary N) is 2. The summed E-state index contributed by atoms with van der Waals surface area (Å²) >= 11 is 0. The van der Waals surface area contributed by atoms with Gasteiger partial charge in [0.2, 0.25) is 5.91 Å². The monoisotopic (exact) mass is 297 g/mol. The van der Waals surface area contributed by atoms with E-state index in [1.807, 2.05) is 13.0 Å². The van der Waals surface area contributed by atoms with Crippen LogP contribution >= 0.6 is 0 Å². The molecule has 0 aromatic heterocycles. The topological polar surface area (TPSA) is 98.6 Å². The maximum Gasteiger partial charge on any atom is 0.329 e. The lowest BCUT2D eigenvalue weighted by atomic mass is 10.1. The van der Waals surface area contributed by atoms with Gasteiger partial charge in [0.1, 0.15) is 12.6 Å². The van der Waals surface area contributed by atoms with Gasteiger partial charge < -0.3 is 21.1 Å². The van der Waals surface area contributed by atoms with Gasteiger partial charge in [0.15, 0.2) is 0 Å². The van der Waals surface area contributed by atoms with Crippen molar-refractivity contribution >= 4 is 11.9 Å². The maximum absolute atomic E-state index is 12.3. The number of esters is 1. The minimum Gasteiger partial charge on any atom is -0.460 e. The molecule has 0 spiro atoms. The molecule has 0 aromatic carbocycles. The van der Waals surface area contributed by atoms with Crippen molar-refractivity contribution in [1.82, 2.24) is 4.90 Å². The highest BCUT2D eigenvalue weighted by Crippen LogP contribution is 2.20. The summed E-state index contributed by atoms with van der Waals surface area (Å²) in [4.78, 5) is 25.9. The minimum absolute atomic E-state index is 0.155. The number of unbranched alkanes of at least 4 members (excludes halogenated alkanes) is 1. The third-order valence-electron chi connectivity index (χ3n) is 3.65. The van der Waals surface area contributed by atoms with Crippen molar-refractivity contribution in [1.29, 1.82) is 0 Å². The zero-order chi connectivity index (χ0) is 15.7. The molecule has 1 fully saturated rings. The summed E-state index contributed by atoms with van der Waals surface area (Å²) in [6, 6.07) is -1.04. The Hall–Kier alpha value is -1.40. The van der Waals surface area contributed by atoms with E-state index in [9.17, 15) is 9.59 Å². The molecule has 2 atom stereocenters. The van der Waals surface area contributed by atoms with E-state index in [1.54, 1.807) is 11.0 Å². The summed E-state index contributed by atoms with van der Waals surface area (Å²) in [7, 11) is 0.